The molecule has 0 unspecified atom stereocenters. The van der Waals surface area contributed by atoms with Crippen molar-refractivity contribution in [1.29, 1.82) is 0 Å². The van der Waals surface area contributed by atoms with Gasteiger partial charge in [-0.2, -0.15) is 4.31 Å². The van der Waals surface area contributed by atoms with E-state index in [1.165, 1.54) is 16.1 Å². The highest BCUT2D eigenvalue weighted by atomic mass is 35.5. The lowest BCUT2D eigenvalue weighted by atomic mass is 10.1. The zero-order chi connectivity index (χ0) is 23.6. The highest BCUT2D eigenvalue weighted by molar-refractivity contribution is 7.88. The van der Waals surface area contributed by atoms with Gasteiger partial charge in [0.05, 0.1) is 6.26 Å². The van der Waals surface area contributed by atoms with Crippen molar-refractivity contribution in [1.82, 2.24) is 14.1 Å². The van der Waals surface area contributed by atoms with Gasteiger partial charge in [0.1, 0.15) is 0 Å². The molecule has 0 radical (unpaired) electrons. The van der Waals surface area contributed by atoms with Crippen molar-refractivity contribution in [2.45, 2.75) is 13.5 Å². The maximum absolute atomic E-state index is 13.2. The Kier molecular flexibility index (Phi) is 7.28. The van der Waals surface area contributed by atoms with Gasteiger partial charge in [0.25, 0.3) is 5.91 Å². The largest absolute Gasteiger partial charge is 0.368 e. The van der Waals surface area contributed by atoms with Gasteiger partial charge >= 0.3 is 0 Å². The van der Waals surface area contributed by atoms with Crippen molar-refractivity contribution in [3.8, 4) is 0 Å². The Morgan fingerprint density at radius 3 is 2.30 bits per heavy atom. The fourth-order valence-electron chi connectivity index (χ4n) is 4.54. The molecule has 0 atom stereocenters. The Morgan fingerprint density at radius 2 is 1.64 bits per heavy atom. The molecule has 2 heterocycles. The van der Waals surface area contributed by atoms with E-state index < -0.39 is 10.0 Å². The highest BCUT2D eigenvalue weighted by Crippen LogP contribution is 2.25. The molecule has 2 aliphatic heterocycles. The average Bonchev–Trinajstić information content (AvgIpc) is 2.80. The summed E-state index contributed by atoms with van der Waals surface area (Å²) in [5.41, 5.74) is 4.09. The molecule has 0 saturated carbocycles. The zero-order valence-corrected chi connectivity index (χ0v) is 20.8. The van der Waals surface area contributed by atoms with Crippen molar-refractivity contribution in [2.24, 2.45) is 0 Å². The van der Waals surface area contributed by atoms with Gasteiger partial charge in [0, 0.05) is 75.2 Å². The van der Waals surface area contributed by atoms with Gasteiger partial charge in [-0.3, -0.25) is 9.69 Å². The fraction of sp³-hybridized carbons (Fsp3) is 0.458. The third-order valence-electron chi connectivity index (χ3n) is 6.46. The van der Waals surface area contributed by atoms with Gasteiger partial charge in [-0.15, -0.1) is 0 Å². The number of benzene rings is 2. The molecule has 0 N–H and O–H groups in total. The number of carbonyl (C=O) groups is 1. The van der Waals surface area contributed by atoms with Crippen LogP contribution in [-0.2, 0) is 16.6 Å². The van der Waals surface area contributed by atoms with E-state index in [9.17, 15) is 13.2 Å². The number of amides is 1. The van der Waals surface area contributed by atoms with E-state index in [-0.39, 0.29) is 5.91 Å². The van der Waals surface area contributed by atoms with E-state index in [0.29, 0.717) is 51.4 Å². The first-order chi connectivity index (χ1) is 15.7. The normalized spacial score (nSPS) is 18.5. The number of piperazine rings is 2. The molecule has 2 fully saturated rings. The van der Waals surface area contributed by atoms with E-state index in [0.717, 1.165) is 29.4 Å². The Labute approximate surface area is 201 Å². The summed E-state index contributed by atoms with van der Waals surface area (Å²) in [5, 5.41) is 0.726. The Morgan fingerprint density at radius 1 is 0.939 bits per heavy atom. The summed E-state index contributed by atoms with van der Waals surface area (Å²) in [4.78, 5) is 19.6. The minimum absolute atomic E-state index is 0.0567. The van der Waals surface area contributed by atoms with Crippen LogP contribution in [0.5, 0.6) is 0 Å². The van der Waals surface area contributed by atoms with Crippen LogP contribution in [-0.4, -0.2) is 87.0 Å². The molecule has 33 heavy (non-hydrogen) atoms. The van der Waals surface area contributed by atoms with Crippen molar-refractivity contribution in [3.63, 3.8) is 0 Å². The number of halogens is 1. The van der Waals surface area contributed by atoms with Gasteiger partial charge < -0.3 is 9.80 Å². The van der Waals surface area contributed by atoms with E-state index >= 15 is 0 Å². The average molecular weight is 491 g/mol. The van der Waals surface area contributed by atoms with Gasteiger partial charge in [-0.1, -0.05) is 29.8 Å². The third kappa shape index (κ3) is 5.87. The summed E-state index contributed by atoms with van der Waals surface area (Å²) in [5.74, 6) is 0.0567. The second kappa shape index (κ2) is 10.0. The lowest BCUT2D eigenvalue weighted by molar-refractivity contribution is 0.0746. The summed E-state index contributed by atoms with van der Waals surface area (Å²) in [6.07, 6.45) is 1.26. The van der Waals surface area contributed by atoms with E-state index in [1.54, 1.807) is 0 Å². The van der Waals surface area contributed by atoms with Crippen LogP contribution in [0.2, 0.25) is 5.02 Å². The first-order valence-corrected chi connectivity index (χ1v) is 13.5. The molecule has 2 aliphatic rings. The minimum Gasteiger partial charge on any atom is -0.368 e. The van der Waals surface area contributed by atoms with Gasteiger partial charge in [0.2, 0.25) is 10.0 Å². The van der Waals surface area contributed by atoms with E-state index in [4.69, 9.17) is 11.6 Å². The molecule has 1 amide bonds. The first kappa shape index (κ1) is 24.0. The third-order valence-corrected chi connectivity index (χ3v) is 8.00. The van der Waals surface area contributed by atoms with Crippen LogP contribution in [0.1, 0.15) is 21.5 Å². The molecule has 4 rings (SSSR count). The second-order valence-electron chi connectivity index (χ2n) is 8.85. The number of nitrogens with zero attached hydrogens (tertiary/aromatic N) is 4. The smallest absolute Gasteiger partial charge is 0.253 e. The highest BCUT2D eigenvalue weighted by Gasteiger charge is 2.25. The number of aryl methyl sites for hydroxylation is 1. The van der Waals surface area contributed by atoms with Crippen LogP contribution >= 0.6 is 11.6 Å². The van der Waals surface area contributed by atoms with Crippen LogP contribution < -0.4 is 4.90 Å². The van der Waals surface area contributed by atoms with Crippen molar-refractivity contribution < 1.29 is 13.2 Å². The molecule has 0 bridgehead atoms. The molecule has 178 valence electrons. The van der Waals surface area contributed by atoms with Crippen molar-refractivity contribution >= 4 is 33.2 Å². The predicted molar refractivity (Wildman–Crippen MR) is 132 cm³/mol. The zero-order valence-electron chi connectivity index (χ0n) is 19.2. The van der Waals surface area contributed by atoms with E-state index in [2.05, 4.69) is 16.7 Å². The topological polar surface area (TPSA) is 64.2 Å². The molecular weight excluding hydrogens is 460 g/mol. The maximum atomic E-state index is 13.2. The number of hydrogen-bond donors (Lipinski definition) is 0. The van der Waals surface area contributed by atoms with Crippen LogP contribution in [0.25, 0.3) is 0 Å². The molecule has 2 aromatic carbocycles. The SMILES string of the molecule is Cc1ccc(Cl)cc1N1CCN(C(=O)c2cccc(CN3CCN(S(C)(=O)=O)CC3)c2)CC1. The standard InChI is InChI=1S/C24H31ClN4O3S/c1-19-6-7-22(25)17-23(19)27-10-12-28(13-11-27)24(30)21-5-3-4-20(16-21)18-26-8-14-29(15-9-26)33(2,31)32/h3-7,16-17H,8-15,18H2,1-2H3. The van der Waals surface area contributed by atoms with Crippen LogP contribution in [0.15, 0.2) is 42.5 Å². The number of rotatable bonds is 5. The summed E-state index contributed by atoms with van der Waals surface area (Å²) in [6, 6.07) is 13.7. The van der Waals surface area contributed by atoms with Crippen LogP contribution in [0.3, 0.4) is 0 Å². The van der Waals surface area contributed by atoms with Crippen LogP contribution in [0, 0.1) is 6.92 Å². The summed E-state index contributed by atoms with van der Waals surface area (Å²) >= 11 is 6.18. The van der Waals surface area contributed by atoms with Crippen LogP contribution in [0.4, 0.5) is 5.69 Å². The number of anilines is 1. The summed E-state index contributed by atoms with van der Waals surface area (Å²) in [6.45, 7) is 8.07. The number of hydrogen-bond acceptors (Lipinski definition) is 5. The minimum atomic E-state index is -3.13. The lowest BCUT2D eigenvalue weighted by Gasteiger charge is -2.37. The molecule has 0 spiro atoms. The second-order valence-corrected chi connectivity index (χ2v) is 11.3. The molecular formula is C24H31ClN4O3S. The maximum Gasteiger partial charge on any atom is 0.253 e. The molecule has 0 aliphatic carbocycles. The molecule has 7 nitrogen and oxygen atoms in total. The Hall–Kier alpha value is -2.13. The number of carbonyl (C=O) groups excluding carboxylic acids is 1. The van der Waals surface area contributed by atoms with Gasteiger partial charge in [-0.05, 0) is 42.3 Å². The summed E-state index contributed by atoms with van der Waals surface area (Å²) in [7, 11) is -3.13. The molecule has 9 heteroatoms. The van der Waals surface area contributed by atoms with Gasteiger partial charge in [0.15, 0.2) is 0 Å². The predicted octanol–water partition coefficient (Wildman–Crippen LogP) is 2.69. The van der Waals surface area contributed by atoms with Crippen molar-refractivity contribution in [2.75, 3.05) is 63.5 Å². The fourth-order valence-corrected chi connectivity index (χ4v) is 5.53. The van der Waals surface area contributed by atoms with Gasteiger partial charge in [-0.25, -0.2) is 8.42 Å². The Bertz CT molecular complexity index is 1110. The molecule has 2 aromatic rings. The van der Waals surface area contributed by atoms with Crippen molar-refractivity contribution in [3.05, 3.63) is 64.2 Å². The number of sulfonamides is 1. The summed E-state index contributed by atoms with van der Waals surface area (Å²) < 4.78 is 24.9. The monoisotopic (exact) mass is 490 g/mol. The molecule has 0 aromatic heterocycles. The van der Waals surface area contributed by atoms with E-state index in [1.807, 2.05) is 47.4 Å². The Balaban J connectivity index is 1.34. The molecule has 2 saturated heterocycles. The first-order valence-electron chi connectivity index (χ1n) is 11.3. The quantitative estimate of drug-likeness (QED) is 0.644. The lowest BCUT2D eigenvalue weighted by Crippen LogP contribution is -2.49.